The number of hydrogen-bond donors (Lipinski definition) is 3. The largest absolute Gasteiger partial charge is 0.409 e. The van der Waals surface area contributed by atoms with Crippen LogP contribution in [0.25, 0.3) is 0 Å². The maximum atomic E-state index is 12.3. The molecule has 0 aliphatic heterocycles. The molecule has 110 valence electrons. The van der Waals surface area contributed by atoms with Crippen LogP contribution in [0.2, 0.25) is 0 Å². The predicted molar refractivity (Wildman–Crippen MR) is 79.4 cm³/mol. The van der Waals surface area contributed by atoms with Crippen LogP contribution in [0, 0.1) is 11.8 Å². The fourth-order valence-corrected chi connectivity index (χ4v) is 3.45. The van der Waals surface area contributed by atoms with E-state index in [0.29, 0.717) is 5.25 Å². The van der Waals surface area contributed by atoms with Gasteiger partial charge < -0.3 is 16.3 Å². The SMILES string of the molecule is CSC1CCCC(NC(=O)C(C(N)=NO)C(C)C)C1. The van der Waals surface area contributed by atoms with Gasteiger partial charge in [-0.1, -0.05) is 25.4 Å². The third-order valence-electron chi connectivity index (χ3n) is 3.69. The average molecular weight is 287 g/mol. The number of thioether (sulfide) groups is 1. The summed E-state index contributed by atoms with van der Waals surface area (Å²) in [6, 6.07) is 0.214. The summed E-state index contributed by atoms with van der Waals surface area (Å²) in [6.07, 6.45) is 6.51. The number of amidine groups is 1. The highest BCUT2D eigenvalue weighted by atomic mass is 32.2. The fraction of sp³-hybridized carbons (Fsp3) is 0.846. The van der Waals surface area contributed by atoms with Crippen molar-refractivity contribution in [3.05, 3.63) is 0 Å². The summed E-state index contributed by atoms with van der Waals surface area (Å²) >= 11 is 1.86. The number of hydrogen-bond acceptors (Lipinski definition) is 4. The van der Waals surface area contributed by atoms with Crippen molar-refractivity contribution in [3.8, 4) is 0 Å². The Morgan fingerprint density at radius 1 is 1.47 bits per heavy atom. The monoisotopic (exact) mass is 287 g/mol. The minimum Gasteiger partial charge on any atom is -0.409 e. The van der Waals surface area contributed by atoms with Gasteiger partial charge in [0.2, 0.25) is 5.91 Å². The number of nitrogens with one attached hydrogen (secondary N) is 1. The Morgan fingerprint density at radius 2 is 2.16 bits per heavy atom. The molecule has 6 heteroatoms. The number of carbonyl (C=O) groups excluding carboxylic acids is 1. The Hall–Kier alpha value is -0.910. The number of carbonyl (C=O) groups is 1. The van der Waals surface area contributed by atoms with Crippen molar-refractivity contribution in [3.63, 3.8) is 0 Å². The van der Waals surface area contributed by atoms with E-state index in [1.807, 2.05) is 25.6 Å². The molecule has 1 aliphatic carbocycles. The first-order valence-electron chi connectivity index (χ1n) is 6.80. The van der Waals surface area contributed by atoms with Gasteiger partial charge in [0.05, 0.1) is 0 Å². The number of oxime groups is 1. The van der Waals surface area contributed by atoms with E-state index in [0.717, 1.165) is 19.3 Å². The normalized spacial score (nSPS) is 26.2. The van der Waals surface area contributed by atoms with E-state index < -0.39 is 5.92 Å². The standard InChI is InChI=1S/C13H25N3O2S/c1-8(2)11(12(14)16-18)13(17)15-9-5-4-6-10(7-9)19-3/h8-11,18H,4-7H2,1-3H3,(H2,14,16)(H,15,17). The highest BCUT2D eigenvalue weighted by Gasteiger charge is 2.30. The minimum absolute atomic E-state index is 0.00951. The molecule has 3 atom stereocenters. The van der Waals surface area contributed by atoms with Gasteiger partial charge in [0.1, 0.15) is 5.92 Å². The molecule has 1 aliphatic rings. The average Bonchev–Trinajstić information content (AvgIpc) is 2.38. The molecule has 0 heterocycles. The van der Waals surface area contributed by atoms with Crippen molar-refractivity contribution < 1.29 is 10.0 Å². The van der Waals surface area contributed by atoms with Crippen LogP contribution in [0.3, 0.4) is 0 Å². The third-order valence-corrected chi connectivity index (χ3v) is 4.78. The van der Waals surface area contributed by atoms with Crippen molar-refractivity contribution in [2.75, 3.05) is 6.26 Å². The number of rotatable bonds is 5. The molecule has 0 aromatic heterocycles. The molecule has 5 nitrogen and oxygen atoms in total. The van der Waals surface area contributed by atoms with Crippen LogP contribution in [0.4, 0.5) is 0 Å². The second kappa shape index (κ2) is 7.62. The summed E-state index contributed by atoms with van der Waals surface area (Å²) in [6.45, 7) is 3.79. The summed E-state index contributed by atoms with van der Waals surface area (Å²) in [7, 11) is 0. The summed E-state index contributed by atoms with van der Waals surface area (Å²) in [5.74, 6) is -0.683. The Kier molecular flexibility index (Phi) is 6.48. The predicted octanol–water partition coefficient (Wildman–Crippen LogP) is 1.80. The molecule has 1 fully saturated rings. The third kappa shape index (κ3) is 4.60. The van der Waals surface area contributed by atoms with Crippen LogP contribution >= 0.6 is 11.8 Å². The molecule has 0 spiro atoms. The fourth-order valence-electron chi connectivity index (χ4n) is 2.62. The lowest BCUT2D eigenvalue weighted by Crippen LogP contribution is -2.47. The van der Waals surface area contributed by atoms with Crippen LogP contribution in [-0.4, -0.2) is 34.5 Å². The topological polar surface area (TPSA) is 87.7 Å². The molecule has 1 rings (SSSR count). The molecule has 0 radical (unpaired) electrons. The molecule has 0 bridgehead atoms. The molecule has 1 amide bonds. The lowest BCUT2D eigenvalue weighted by atomic mass is 9.91. The van der Waals surface area contributed by atoms with Gasteiger partial charge in [-0.3, -0.25) is 4.79 Å². The van der Waals surface area contributed by atoms with Gasteiger partial charge in [-0.2, -0.15) is 11.8 Å². The first kappa shape index (κ1) is 16.1. The Balaban J connectivity index is 2.61. The van der Waals surface area contributed by atoms with Gasteiger partial charge in [0.25, 0.3) is 0 Å². The molecule has 4 N–H and O–H groups in total. The van der Waals surface area contributed by atoms with Gasteiger partial charge in [-0.25, -0.2) is 0 Å². The molecule has 3 unspecified atom stereocenters. The van der Waals surface area contributed by atoms with E-state index in [-0.39, 0.29) is 23.7 Å². The zero-order valence-electron chi connectivity index (χ0n) is 11.9. The molecule has 0 saturated heterocycles. The van der Waals surface area contributed by atoms with Crippen LogP contribution in [0.5, 0.6) is 0 Å². The zero-order chi connectivity index (χ0) is 14.4. The lowest BCUT2D eigenvalue weighted by Gasteiger charge is -2.30. The number of nitrogens with two attached hydrogens (primary N) is 1. The first-order chi connectivity index (χ1) is 8.99. The molecule has 1 saturated carbocycles. The van der Waals surface area contributed by atoms with E-state index in [4.69, 9.17) is 10.9 Å². The maximum absolute atomic E-state index is 12.3. The van der Waals surface area contributed by atoms with E-state index in [2.05, 4.69) is 16.7 Å². The minimum atomic E-state index is -0.556. The summed E-state index contributed by atoms with van der Waals surface area (Å²) in [4.78, 5) is 12.3. The van der Waals surface area contributed by atoms with Crippen LogP contribution in [0.15, 0.2) is 5.16 Å². The summed E-state index contributed by atoms with van der Waals surface area (Å²) in [5, 5.41) is 15.4. The van der Waals surface area contributed by atoms with E-state index >= 15 is 0 Å². The second-order valence-electron chi connectivity index (χ2n) is 5.48. The second-order valence-corrected chi connectivity index (χ2v) is 6.61. The van der Waals surface area contributed by atoms with Gasteiger partial charge in [0, 0.05) is 11.3 Å². The number of amides is 1. The Bertz CT molecular complexity index is 334. The zero-order valence-corrected chi connectivity index (χ0v) is 12.7. The van der Waals surface area contributed by atoms with E-state index in [9.17, 15) is 4.79 Å². The summed E-state index contributed by atoms with van der Waals surface area (Å²) < 4.78 is 0. The van der Waals surface area contributed by atoms with E-state index in [1.54, 1.807) is 0 Å². The van der Waals surface area contributed by atoms with Crippen LogP contribution in [0.1, 0.15) is 39.5 Å². The van der Waals surface area contributed by atoms with Crippen molar-refractivity contribution in [1.82, 2.24) is 5.32 Å². The lowest BCUT2D eigenvalue weighted by molar-refractivity contribution is -0.125. The van der Waals surface area contributed by atoms with Gasteiger partial charge in [-0.05, 0) is 31.4 Å². The highest BCUT2D eigenvalue weighted by Crippen LogP contribution is 2.27. The Labute approximate surface area is 119 Å². The van der Waals surface area contributed by atoms with Crippen molar-refractivity contribution >= 4 is 23.5 Å². The van der Waals surface area contributed by atoms with Crippen LogP contribution < -0.4 is 11.1 Å². The molecular weight excluding hydrogens is 262 g/mol. The van der Waals surface area contributed by atoms with Gasteiger partial charge in [0.15, 0.2) is 5.84 Å². The van der Waals surface area contributed by atoms with Crippen molar-refractivity contribution in [2.45, 2.75) is 50.8 Å². The maximum Gasteiger partial charge on any atom is 0.231 e. The van der Waals surface area contributed by atoms with Crippen molar-refractivity contribution in [2.24, 2.45) is 22.7 Å². The van der Waals surface area contributed by atoms with Gasteiger partial charge >= 0.3 is 0 Å². The highest BCUT2D eigenvalue weighted by molar-refractivity contribution is 7.99. The van der Waals surface area contributed by atoms with Crippen molar-refractivity contribution in [1.29, 1.82) is 0 Å². The Morgan fingerprint density at radius 3 is 2.68 bits per heavy atom. The molecule has 0 aromatic rings. The van der Waals surface area contributed by atoms with Crippen LogP contribution in [-0.2, 0) is 4.79 Å². The summed E-state index contributed by atoms with van der Waals surface area (Å²) in [5.41, 5.74) is 5.61. The molecular formula is C13H25N3O2S. The quantitative estimate of drug-likeness (QED) is 0.311. The molecule has 19 heavy (non-hydrogen) atoms. The first-order valence-corrected chi connectivity index (χ1v) is 8.09. The van der Waals surface area contributed by atoms with Gasteiger partial charge in [-0.15, -0.1) is 0 Å². The molecule has 0 aromatic carbocycles. The smallest absolute Gasteiger partial charge is 0.231 e. The van der Waals surface area contributed by atoms with E-state index in [1.165, 1.54) is 6.42 Å². The number of nitrogens with zero attached hydrogens (tertiary/aromatic N) is 1.